The van der Waals surface area contributed by atoms with Gasteiger partial charge in [0.2, 0.25) is 5.95 Å². The predicted octanol–water partition coefficient (Wildman–Crippen LogP) is 3.69. The van der Waals surface area contributed by atoms with Crippen LogP contribution in [0.2, 0.25) is 0 Å². The Kier molecular flexibility index (Phi) is 6.49. The topological polar surface area (TPSA) is 82.1 Å². The van der Waals surface area contributed by atoms with E-state index in [0.29, 0.717) is 5.82 Å². The highest BCUT2D eigenvalue weighted by Crippen LogP contribution is 2.28. The van der Waals surface area contributed by atoms with E-state index in [9.17, 15) is 0 Å². The van der Waals surface area contributed by atoms with Gasteiger partial charge < -0.3 is 19.8 Å². The Morgan fingerprint density at radius 3 is 2.73 bits per heavy atom. The fourth-order valence-electron chi connectivity index (χ4n) is 3.28. The van der Waals surface area contributed by atoms with Crippen LogP contribution >= 0.6 is 11.9 Å². The Hall–Kier alpha value is -2.65. The molecule has 30 heavy (non-hydrogen) atoms. The van der Waals surface area contributed by atoms with Crippen LogP contribution in [0.25, 0.3) is 11.0 Å². The fraction of sp³-hybridized carbons (Fsp3) is 0.429. The first-order chi connectivity index (χ1) is 14.6. The summed E-state index contributed by atoms with van der Waals surface area (Å²) in [7, 11) is 2.14. The largest absolute Gasteiger partial charge is 0.338 e. The standard InChI is InChI=1S/C21H28N8S/c1-4-11-30-27-16-6-5-15(2)17(12-16)25-20-19-18(23-14-24-20)13-22-21(26-19)29-9-7-28(3)8-10-29/h5-6,12-14,27H,4,7-11H2,1-3H3,(H,23,24,25). The smallest absolute Gasteiger partial charge is 0.226 e. The number of benzene rings is 1. The fourth-order valence-corrected chi connectivity index (χ4v) is 3.88. The van der Waals surface area contributed by atoms with Crippen LogP contribution in [0, 0.1) is 6.92 Å². The minimum atomic E-state index is 0.694. The summed E-state index contributed by atoms with van der Waals surface area (Å²) < 4.78 is 3.40. The molecular formula is C21H28N8S. The number of hydrogen-bond donors (Lipinski definition) is 2. The summed E-state index contributed by atoms with van der Waals surface area (Å²) in [5.41, 5.74) is 4.67. The third-order valence-corrected chi connectivity index (χ3v) is 6.13. The predicted molar refractivity (Wildman–Crippen MR) is 126 cm³/mol. The number of aryl methyl sites for hydroxylation is 1. The first-order valence-corrected chi connectivity index (χ1v) is 11.3. The molecular weight excluding hydrogens is 396 g/mol. The molecule has 0 unspecified atom stereocenters. The molecule has 0 aliphatic carbocycles. The second kappa shape index (κ2) is 9.44. The Morgan fingerprint density at radius 1 is 1.10 bits per heavy atom. The quantitative estimate of drug-likeness (QED) is 0.436. The van der Waals surface area contributed by atoms with Crippen LogP contribution in [0.5, 0.6) is 0 Å². The van der Waals surface area contributed by atoms with Crippen LogP contribution in [0.1, 0.15) is 18.9 Å². The van der Waals surface area contributed by atoms with Crippen LogP contribution in [0.4, 0.5) is 23.1 Å². The van der Waals surface area contributed by atoms with Crippen LogP contribution in [0.3, 0.4) is 0 Å². The third kappa shape index (κ3) is 4.73. The highest BCUT2D eigenvalue weighted by molar-refractivity contribution is 8.00. The Morgan fingerprint density at radius 2 is 1.93 bits per heavy atom. The second-order valence-electron chi connectivity index (χ2n) is 7.52. The van der Waals surface area contributed by atoms with Gasteiger partial charge >= 0.3 is 0 Å². The zero-order valence-electron chi connectivity index (χ0n) is 17.7. The van der Waals surface area contributed by atoms with Gasteiger partial charge in [-0.2, -0.15) is 0 Å². The van der Waals surface area contributed by atoms with Gasteiger partial charge in [0.25, 0.3) is 0 Å². The van der Waals surface area contributed by atoms with Gasteiger partial charge in [-0.3, -0.25) is 0 Å². The monoisotopic (exact) mass is 424 g/mol. The van der Waals surface area contributed by atoms with Crippen LogP contribution in [0.15, 0.2) is 30.7 Å². The molecule has 3 aromatic rings. The number of hydrogen-bond acceptors (Lipinski definition) is 9. The van der Waals surface area contributed by atoms with Gasteiger partial charge in [-0.25, -0.2) is 19.9 Å². The zero-order chi connectivity index (χ0) is 20.9. The minimum Gasteiger partial charge on any atom is -0.338 e. The number of aromatic nitrogens is 4. The van der Waals surface area contributed by atoms with Gasteiger partial charge in [0.05, 0.1) is 6.20 Å². The molecule has 1 saturated heterocycles. The first kappa shape index (κ1) is 20.6. The Bertz CT molecular complexity index is 1000. The summed E-state index contributed by atoms with van der Waals surface area (Å²) in [6, 6.07) is 6.30. The van der Waals surface area contributed by atoms with E-state index >= 15 is 0 Å². The molecule has 4 rings (SSSR count). The van der Waals surface area contributed by atoms with Crippen molar-refractivity contribution in [1.29, 1.82) is 0 Å². The molecule has 9 heteroatoms. The van der Waals surface area contributed by atoms with Gasteiger partial charge in [-0.05, 0) is 38.1 Å². The summed E-state index contributed by atoms with van der Waals surface area (Å²) in [4.78, 5) is 22.7. The molecule has 0 amide bonds. The van der Waals surface area contributed by atoms with E-state index in [-0.39, 0.29) is 0 Å². The van der Waals surface area contributed by atoms with Crippen molar-refractivity contribution < 1.29 is 0 Å². The van der Waals surface area contributed by atoms with Gasteiger partial charge in [-0.1, -0.05) is 24.9 Å². The molecule has 1 fully saturated rings. The molecule has 3 heterocycles. The average molecular weight is 425 g/mol. The lowest BCUT2D eigenvalue weighted by Gasteiger charge is -2.32. The van der Waals surface area contributed by atoms with Crippen molar-refractivity contribution in [3.05, 3.63) is 36.3 Å². The van der Waals surface area contributed by atoms with E-state index in [0.717, 1.165) is 72.3 Å². The van der Waals surface area contributed by atoms with Crippen molar-refractivity contribution in [3.63, 3.8) is 0 Å². The van der Waals surface area contributed by atoms with Crippen molar-refractivity contribution >= 4 is 46.1 Å². The number of fused-ring (bicyclic) bond motifs is 1. The molecule has 2 N–H and O–H groups in total. The number of rotatable bonds is 7. The number of nitrogens with zero attached hydrogens (tertiary/aromatic N) is 6. The molecule has 1 aromatic carbocycles. The molecule has 2 aromatic heterocycles. The van der Waals surface area contributed by atoms with E-state index in [2.05, 4.69) is 73.9 Å². The van der Waals surface area contributed by atoms with Crippen LogP contribution in [-0.4, -0.2) is 63.8 Å². The summed E-state index contributed by atoms with van der Waals surface area (Å²) in [6.45, 7) is 8.11. The molecule has 0 bridgehead atoms. The number of nitrogens with one attached hydrogen (secondary N) is 2. The Balaban J connectivity index is 1.61. The molecule has 1 aliphatic rings. The lowest BCUT2D eigenvalue weighted by molar-refractivity contribution is 0.311. The van der Waals surface area contributed by atoms with Gasteiger partial charge in [0.15, 0.2) is 5.82 Å². The summed E-state index contributed by atoms with van der Waals surface area (Å²) in [6.07, 6.45) is 4.48. The zero-order valence-corrected chi connectivity index (χ0v) is 18.5. The van der Waals surface area contributed by atoms with Crippen LogP contribution in [-0.2, 0) is 0 Å². The Labute approximate surface area is 181 Å². The number of piperazine rings is 1. The van der Waals surface area contributed by atoms with Crippen molar-refractivity contribution in [2.75, 3.05) is 53.9 Å². The molecule has 0 atom stereocenters. The summed E-state index contributed by atoms with van der Waals surface area (Å²) in [5, 5.41) is 3.47. The van der Waals surface area contributed by atoms with Gasteiger partial charge in [-0.15, -0.1) is 0 Å². The average Bonchev–Trinajstić information content (AvgIpc) is 2.76. The lowest BCUT2D eigenvalue weighted by Crippen LogP contribution is -2.45. The molecule has 0 saturated carbocycles. The number of anilines is 4. The van der Waals surface area contributed by atoms with E-state index in [1.165, 1.54) is 0 Å². The normalized spacial score (nSPS) is 14.8. The highest BCUT2D eigenvalue weighted by Gasteiger charge is 2.18. The van der Waals surface area contributed by atoms with Crippen LogP contribution < -0.4 is 14.9 Å². The van der Waals surface area contributed by atoms with Crippen molar-refractivity contribution in [1.82, 2.24) is 24.8 Å². The van der Waals surface area contributed by atoms with Crippen molar-refractivity contribution in [3.8, 4) is 0 Å². The SMILES string of the molecule is CCCSNc1ccc(C)c(Nc2ncnc3cnc(N4CCN(C)CC4)nc23)c1. The summed E-state index contributed by atoms with van der Waals surface area (Å²) in [5.74, 6) is 2.50. The maximum atomic E-state index is 4.82. The maximum absolute atomic E-state index is 4.82. The molecule has 0 radical (unpaired) electrons. The van der Waals surface area contributed by atoms with E-state index in [4.69, 9.17) is 4.98 Å². The molecule has 0 spiro atoms. The van der Waals surface area contributed by atoms with Crippen molar-refractivity contribution in [2.24, 2.45) is 0 Å². The van der Waals surface area contributed by atoms with Gasteiger partial charge in [0, 0.05) is 43.3 Å². The second-order valence-corrected chi connectivity index (χ2v) is 8.42. The minimum absolute atomic E-state index is 0.694. The maximum Gasteiger partial charge on any atom is 0.226 e. The number of likely N-dealkylation sites (N-methyl/N-ethyl adjacent to an activating group) is 1. The third-order valence-electron chi connectivity index (χ3n) is 5.14. The molecule has 8 nitrogen and oxygen atoms in total. The molecule has 1 aliphatic heterocycles. The summed E-state index contributed by atoms with van der Waals surface area (Å²) >= 11 is 1.71. The first-order valence-electron chi connectivity index (χ1n) is 10.3. The van der Waals surface area contributed by atoms with E-state index < -0.39 is 0 Å². The van der Waals surface area contributed by atoms with E-state index in [1.807, 2.05) is 0 Å². The van der Waals surface area contributed by atoms with Crippen molar-refractivity contribution in [2.45, 2.75) is 20.3 Å². The highest BCUT2D eigenvalue weighted by atomic mass is 32.2. The lowest BCUT2D eigenvalue weighted by atomic mass is 10.2. The molecule has 158 valence electrons. The van der Waals surface area contributed by atoms with Gasteiger partial charge in [0.1, 0.15) is 17.4 Å². The van der Waals surface area contributed by atoms with E-state index in [1.54, 1.807) is 24.5 Å².